The van der Waals surface area contributed by atoms with Crippen LogP contribution in [-0.2, 0) is 4.79 Å². The van der Waals surface area contributed by atoms with E-state index >= 15 is 0 Å². The SMILES string of the molecule is CN(CC(C)(C)CN)C(=O)CCC1CCCCC1. The molecule has 0 aromatic rings. The van der Waals surface area contributed by atoms with Crippen LogP contribution in [0.4, 0.5) is 0 Å². The Labute approximate surface area is 112 Å². The summed E-state index contributed by atoms with van der Waals surface area (Å²) in [5.74, 6) is 1.07. The third-order valence-electron chi connectivity index (χ3n) is 4.13. The van der Waals surface area contributed by atoms with E-state index in [2.05, 4.69) is 13.8 Å². The third-order valence-corrected chi connectivity index (χ3v) is 4.13. The number of amides is 1. The molecule has 1 amide bonds. The van der Waals surface area contributed by atoms with Gasteiger partial charge in [0.1, 0.15) is 0 Å². The lowest BCUT2D eigenvalue weighted by atomic mass is 9.86. The van der Waals surface area contributed by atoms with Crippen LogP contribution < -0.4 is 5.73 Å². The molecule has 1 aliphatic rings. The molecular weight excluding hydrogens is 224 g/mol. The normalized spacial score (nSPS) is 17.8. The van der Waals surface area contributed by atoms with Crippen molar-refractivity contribution in [2.75, 3.05) is 20.1 Å². The zero-order valence-corrected chi connectivity index (χ0v) is 12.4. The Balaban J connectivity index is 2.26. The van der Waals surface area contributed by atoms with Gasteiger partial charge in [0.2, 0.25) is 5.91 Å². The van der Waals surface area contributed by atoms with Gasteiger partial charge in [0, 0.05) is 20.0 Å². The van der Waals surface area contributed by atoms with Crippen LogP contribution in [0.15, 0.2) is 0 Å². The second-order valence-electron chi connectivity index (χ2n) is 6.66. The first kappa shape index (κ1) is 15.5. The fourth-order valence-electron chi connectivity index (χ4n) is 2.79. The number of nitrogens with zero attached hydrogens (tertiary/aromatic N) is 1. The standard InChI is InChI=1S/C15H30N2O/c1-15(2,11-16)12-17(3)14(18)10-9-13-7-5-4-6-8-13/h13H,4-12,16H2,1-3H3. The van der Waals surface area contributed by atoms with Gasteiger partial charge in [0.25, 0.3) is 0 Å². The molecule has 3 heteroatoms. The number of carbonyl (C=O) groups excluding carboxylic acids is 1. The van der Waals surface area contributed by atoms with Crippen LogP contribution in [0.1, 0.15) is 58.8 Å². The molecule has 106 valence electrons. The minimum Gasteiger partial charge on any atom is -0.345 e. The molecule has 0 radical (unpaired) electrons. The minimum absolute atomic E-state index is 0.0231. The summed E-state index contributed by atoms with van der Waals surface area (Å²) in [5.41, 5.74) is 5.73. The molecule has 18 heavy (non-hydrogen) atoms. The molecule has 0 aromatic heterocycles. The number of hydrogen-bond acceptors (Lipinski definition) is 2. The van der Waals surface area contributed by atoms with Crippen molar-refractivity contribution in [2.45, 2.75) is 58.8 Å². The Morgan fingerprint density at radius 3 is 2.44 bits per heavy atom. The maximum absolute atomic E-state index is 12.1. The van der Waals surface area contributed by atoms with Gasteiger partial charge in [-0.3, -0.25) is 4.79 Å². The Kier molecular flexibility index (Phi) is 6.13. The molecule has 0 saturated heterocycles. The largest absolute Gasteiger partial charge is 0.345 e. The van der Waals surface area contributed by atoms with E-state index in [1.165, 1.54) is 32.1 Å². The smallest absolute Gasteiger partial charge is 0.222 e. The van der Waals surface area contributed by atoms with Crippen LogP contribution in [0, 0.1) is 11.3 Å². The van der Waals surface area contributed by atoms with Gasteiger partial charge in [-0.05, 0) is 24.3 Å². The van der Waals surface area contributed by atoms with Gasteiger partial charge >= 0.3 is 0 Å². The Morgan fingerprint density at radius 2 is 1.89 bits per heavy atom. The van der Waals surface area contributed by atoms with Crippen molar-refractivity contribution in [2.24, 2.45) is 17.1 Å². The number of nitrogens with two attached hydrogens (primary N) is 1. The Hall–Kier alpha value is -0.570. The molecule has 0 unspecified atom stereocenters. The zero-order valence-electron chi connectivity index (χ0n) is 12.4. The molecule has 0 heterocycles. The number of hydrogen-bond donors (Lipinski definition) is 1. The lowest BCUT2D eigenvalue weighted by Gasteiger charge is -2.29. The van der Waals surface area contributed by atoms with Crippen LogP contribution in [0.2, 0.25) is 0 Å². The second kappa shape index (κ2) is 7.13. The van der Waals surface area contributed by atoms with Gasteiger partial charge in [0.05, 0.1) is 0 Å². The predicted octanol–water partition coefficient (Wildman–Crippen LogP) is 2.79. The van der Waals surface area contributed by atoms with E-state index in [4.69, 9.17) is 5.73 Å². The van der Waals surface area contributed by atoms with Crippen LogP contribution in [0.3, 0.4) is 0 Å². The topological polar surface area (TPSA) is 46.3 Å². The van der Waals surface area contributed by atoms with Crippen LogP contribution in [0.25, 0.3) is 0 Å². The quantitative estimate of drug-likeness (QED) is 0.792. The number of rotatable bonds is 6. The minimum atomic E-state index is 0.0231. The Bertz CT molecular complexity index is 257. The summed E-state index contributed by atoms with van der Waals surface area (Å²) in [6.07, 6.45) is 8.53. The van der Waals surface area contributed by atoms with E-state index in [-0.39, 0.29) is 11.3 Å². The maximum atomic E-state index is 12.1. The van der Waals surface area contributed by atoms with Crippen molar-refractivity contribution in [1.82, 2.24) is 4.90 Å². The molecule has 1 saturated carbocycles. The fraction of sp³-hybridized carbons (Fsp3) is 0.933. The van der Waals surface area contributed by atoms with Gasteiger partial charge in [-0.15, -0.1) is 0 Å². The van der Waals surface area contributed by atoms with Gasteiger partial charge in [-0.1, -0.05) is 46.0 Å². The van der Waals surface area contributed by atoms with Crippen LogP contribution in [-0.4, -0.2) is 30.9 Å². The lowest BCUT2D eigenvalue weighted by Crippen LogP contribution is -2.39. The summed E-state index contributed by atoms with van der Waals surface area (Å²) in [6.45, 7) is 5.59. The highest BCUT2D eigenvalue weighted by Gasteiger charge is 2.22. The molecule has 1 rings (SSSR count). The summed E-state index contributed by atoms with van der Waals surface area (Å²) in [5, 5.41) is 0. The molecule has 0 bridgehead atoms. The van der Waals surface area contributed by atoms with Gasteiger partial charge in [-0.25, -0.2) is 0 Å². The summed E-state index contributed by atoms with van der Waals surface area (Å²) in [4.78, 5) is 13.9. The second-order valence-corrected chi connectivity index (χ2v) is 6.66. The van der Waals surface area contributed by atoms with Crippen molar-refractivity contribution in [3.63, 3.8) is 0 Å². The maximum Gasteiger partial charge on any atom is 0.222 e. The van der Waals surface area contributed by atoms with E-state index in [0.29, 0.717) is 13.0 Å². The highest BCUT2D eigenvalue weighted by Crippen LogP contribution is 2.27. The highest BCUT2D eigenvalue weighted by atomic mass is 16.2. The first-order valence-electron chi connectivity index (χ1n) is 7.38. The monoisotopic (exact) mass is 254 g/mol. The molecule has 0 aromatic carbocycles. The first-order chi connectivity index (χ1) is 8.44. The molecule has 0 aliphatic heterocycles. The van der Waals surface area contributed by atoms with Crippen LogP contribution in [0.5, 0.6) is 0 Å². The van der Waals surface area contributed by atoms with Gasteiger partial charge in [0.15, 0.2) is 0 Å². The molecule has 2 N–H and O–H groups in total. The summed E-state index contributed by atoms with van der Waals surface area (Å²) in [6, 6.07) is 0. The van der Waals surface area contributed by atoms with Crippen molar-refractivity contribution in [1.29, 1.82) is 0 Å². The van der Waals surface area contributed by atoms with Crippen LogP contribution >= 0.6 is 0 Å². The number of carbonyl (C=O) groups is 1. The summed E-state index contributed by atoms with van der Waals surface area (Å²) < 4.78 is 0. The lowest BCUT2D eigenvalue weighted by molar-refractivity contribution is -0.131. The van der Waals surface area contributed by atoms with Gasteiger partial charge < -0.3 is 10.6 Å². The molecule has 0 atom stereocenters. The fourth-order valence-corrected chi connectivity index (χ4v) is 2.79. The molecule has 1 fully saturated rings. The predicted molar refractivity (Wildman–Crippen MR) is 76.3 cm³/mol. The third kappa shape index (κ3) is 5.38. The molecule has 0 spiro atoms. The zero-order chi connectivity index (χ0) is 13.6. The van der Waals surface area contributed by atoms with Crippen molar-refractivity contribution in [3.8, 4) is 0 Å². The average Bonchev–Trinajstić information content (AvgIpc) is 2.36. The van der Waals surface area contributed by atoms with E-state index in [1.807, 2.05) is 11.9 Å². The van der Waals surface area contributed by atoms with E-state index in [1.54, 1.807) is 0 Å². The summed E-state index contributed by atoms with van der Waals surface area (Å²) in [7, 11) is 1.90. The van der Waals surface area contributed by atoms with Gasteiger partial charge in [-0.2, -0.15) is 0 Å². The molecular formula is C15H30N2O. The molecule has 3 nitrogen and oxygen atoms in total. The van der Waals surface area contributed by atoms with E-state index < -0.39 is 0 Å². The van der Waals surface area contributed by atoms with E-state index in [9.17, 15) is 4.79 Å². The van der Waals surface area contributed by atoms with E-state index in [0.717, 1.165) is 18.9 Å². The molecule has 1 aliphatic carbocycles. The highest BCUT2D eigenvalue weighted by molar-refractivity contribution is 5.75. The van der Waals surface area contributed by atoms with Crippen molar-refractivity contribution < 1.29 is 4.79 Å². The first-order valence-corrected chi connectivity index (χ1v) is 7.38. The van der Waals surface area contributed by atoms with Crippen molar-refractivity contribution in [3.05, 3.63) is 0 Å². The average molecular weight is 254 g/mol. The van der Waals surface area contributed by atoms with Crippen molar-refractivity contribution >= 4 is 5.91 Å². The summed E-state index contributed by atoms with van der Waals surface area (Å²) >= 11 is 0. The Morgan fingerprint density at radius 1 is 1.28 bits per heavy atom.